The molecule has 0 atom stereocenters. The van der Waals surface area contributed by atoms with Crippen LogP contribution < -0.4 is 5.73 Å². The number of anilines is 1. The molecule has 0 radical (unpaired) electrons. The molecule has 0 saturated carbocycles. The molecule has 7 heteroatoms. The number of rotatable bonds is 17. The van der Waals surface area contributed by atoms with Gasteiger partial charge in [0.05, 0.1) is 5.56 Å². The molecule has 0 aliphatic carbocycles. The molecule has 1 rings (SSSR count). The van der Waals surface area contributed by atoms with Crippen LogP contribution in [-0.2, 0) is 23.7 Å². The molecule has 38 heavy (non-hydrogen) atoms. The molecule has 4 N–H and O–H groups in total. The molecule has 0 bridgehead atoms. The summed E-state index contributed by atoms with van der Waals surface area (Å²) in [5.74, 6) is -0.362. The number of nitrogen functional groups attached to an aromatic ring is 1. The van der Waals surface area contributed by atoms with E-state index in [2.05, 4.69) is 13.8 Å². The van der Waals surface area contributed by atoms with Crippen molar-refractivity contribution in [2.75, 3.05) is 5.73 Å². The van der Waals surface area contributed by atoms with Gasteiger partial charge in [-0.15, -0.1) is 0 Å². The fourth-order valence-electron chi connectivity index (χ4n) is 3.72. The van der Waals surface area contributed by atoms with Crippen LogP contribution in [0.2, 0.25) is 0 Å². The van der Waals surface area contributed by atoms with Crippen LogP contribution in [0.15, 0.2) is 18.2 Å². The maximum atomic E-state index is 12.3. The first kappa shape index (κ1) is 41.1. The number of carboxylic acids is 1. The predicted molar refractivity (Wildman–Crippen MR) is 155 cm³/mol. The van der Waals surface area contributed by atoms with Crippen LogP contribution in [0.1, 0.15) is 152 Å². The summed E-state index contributed by atoms with van der Waals surface area (Å²) in [6, 6.07) is 4.42. The third-order valence-electron chi connectivity index (χ3n) is 5.51. The van der Waals surface area contributed by atoms with Gasteiger partial charge in [0.1, 0.15) is 0 Å². The summed E-state index contributed by atoms with van der Waals surface area (Å²) >= 11 is 0.750. The van der Waals surface area contributed by atoms with E-state index in [1.54, 1.807) is 13.8 Å². The van der Waals surface area contributed by atoms with Crippen molar-refractivity contribution in [3.8, 4) is 0 Å². The van der Waals surface area contributed by atoms with Crippen molar-refractivity contribution in [1.82, 2.24) is 0 Å². The minimum atomic E-state index is -1.08. The van der Waals surface area contributed by atoms with Crippen molar-refractivity contribution < 1.29 is 43.5 Å². The van der Waals surface area contributed by atoms with Gasteiger partial charge in [0.15, 0.2) is 5.78 Å². The van der Waals surface area contributed by atoms with Gasteiger partial charge in [-0.05, 0) is 44.4 Å². The number of nitrogens with two attached hydrogens (primary N) is 1. The van der Waals surface area contributed by atoms with Gasteiger partial charge >= 0.3 is 29.7 Å². The predicted octanol–water partition coefficient (Wildman–Crippen LogP) is 8.76. The Kier molecular flexibility index (Phi) is 32.7. The van der Waals surface area contributed by atoms with E-state index in [9.17, 15) is 14.7 Å². The number of benzene rings is 1. The van der Waals surface area contributed by atoms with Crippen LogP contribution in [-0.4, -0.2) is 28.1 Å². The van der Waals surface area contributed by atoms with Gasteiger partial charge in [-0.3, -0.25) is 4.79 Å². The third-order valence-corrected chi connectivity index (χ3v) is 5.51. The molecule has 0 aliphatic rings. The zero-order valence-electron chi connectivity index (χ0n) is 25.1. The topological polar surface area (TPSA) is 118 Å². The number of hydrogen-bond donors (Lipinski definition) is 3. The van der Waals surface area contributed by atoms with Gasteiger partial charge in [0.25, 0.3) is 0 Å². The van der Waals surface area contributed by atoms with Crippen LogP contribution in [0, 0.1) is 12.3 Å². The Morgan fingerprint density at radius 2 is 1.16 bits per heavy atom. The monoisotopic (exact) mass is 570 g/mol. The Morgan fingerprint density at radius 1 is 0.789 bits per heavy atom. The molecule has 1 aromatic rings. The van der Waals surface area contributed by atoms with Crippen molar-refractivity contribution >= 4 is 17.4 Å². The van der Waals surface area contributed by atoms with Crippen LogP contribution in [0.5, 0.6) is 0 Å². The first-order valence-electron chi connectivity index (χ1n) is 14.3. The van der Waals surface area contributed by atoms with E-state index in [1.165, 1.54) is 82.4 Å². The van der Waals surface area contributed by atoms with E-state index in [1.807, 2.05) is 20.3 Å². The molecule has 6 nitrogen and oxygen atoms in total. The normalized spacial score (nSPS) is 10.1. The molecule has 0 amide bonds. The van der Waals surface area contributed by atoms with E-state index >= 15 is 0 Å². The number of aliphatic hydroxyl groups is 1. The zero-order valence-corrected chi connectivity index (χ0v) is 26.6. The van der Waals surface area contributed by atoms with Crippen LogP contribution >= 0.6 is 0 Å². The standard InChI is InChI=1S/C25H41NO3.C3H8O.C3H7.O.Ti/c1-20(2)15-13-11-9-7-5-3-4-6-8-10-12-14-16-24(27)23-19-21(26)17-18-22(23)25(28)29;1-3(2)4;1-3-2;;/h17-20H,3-16,26H2,1-2H3,(H,28,29);3-4H,1-2H3;3H,1-2H3;;/q;;-1;;+1. The second kappa shape index (κ2) is 30.2. The van der Waals surface area contributed by atoms with E-state index in [-0.39, 0.29) is 23.0 Å². The number of Topliss-reactive ketones (excluding diaryl/α,β-unsaturated/α-hetero) is 1. The van der Waals surface area contributed by atoms with Gasteiger partial charge in [-0.25, -0.2) is 4.79 Å². The Bertz CT molecular complexity index is 692. The van der Waals surface area contributed by atoms with E-state index in [4.69, 9.17) is 14.2 Å². The molecule has 1 aromatic carbocycles. The molecular formula is C31H56NO5Ti. The summed E-state index contributed by atoms with van der Waals surface area (Å²) in [6.07, 6.45) is 18.6. The molecular weight excluding hydrogens is 514 g/mol. The van der Waals surface area contributed by atoms with Crippen molar-refractivity contribution in [3.05, 3.63) is 35.7 Å². The molecule has 0 unspecified atom stereocenters. The molecule has 0 spiro atoms. The summed E-state index contributed by atoms with van der Waals surface area (Å²) < 4.78 is 8.25. The van der Waals surface area contributed by atoms with E-state index in [0.29, 0.717) is 12.1 Å². The minimum absolute atomic E-state index is 0.0455. The summed E-state index contributed by atoms with van der Waals surface area (Å²) in [5.41, 5.74) is 6.41. The number of aliphatic hydroxyl groups excluding tert-OH is 1. The molecule has 0 heterocycles. The Balaban J connectivity index is -0.00000119. The molecule has 0 aromatic heterocycles. The number of carbonyl (C=O) groups excluding carboxylic acids is 1. The van der Waals surface area contributed by atoms with Crippen molar-refractivity contribution in [3.63, 3.8) is 0 Å². The molecule has 0 saturated heterocycles. The number of unbranched alkanes of at least 4 members (excludes halogenated alkanes) is 11. The molecule has 0 fully saturated rings. The van der Waals surface area contributed by atoms with Crippen LogP contribution in [0.25, 0.3) is 0 Å². The number of ketones is 1. The van der Waals surface area contributed by atoms with Crippen molar-refractivity contribution in [2.24, 2.45) is 5.92 Å². The number of aromatic carboxylic acids is 1. The Hall–Kier alpha value is -1.37. The SMILES string of the molecule is CC(C)CCCCCCCCCCCCCCC(=O)c1cc(N)ccc1C(=O)O.CC(C)O.C[CH-]C.[O]=[Ti+]. The third kappa shape index (κ3) is 29.2. The summed E-state index contributed by atoms with van der Waals surface area (Å²) in [5, 5.41) is 17.3. The summed E-state index contributed by atoms with van der Waals surface area (Å²) in [6.45, 7) is 12.0. The van der Waals surface area contributed by atoms with Gasteiger partial charge in [0.2, 0.25) is 0 Å². The average molecular weight is 571 g/mol. The fourth-order valence-corrected chi connectivity index (χ4v) is 3.72. The van der Waals surface area contributed by atoms with Crippen LogP contribution in [0.4, 0.5) is 5.69 Å². The first-order chi connectivity index (χ1) is 18.1. The zero-order chi connectivity index (χ0) is 29.8. The van der Waals surface area contributed by atoms with Crippen molar-refractivity contribution in [2.45, 2.75) is 138 Å². The number of carbonyl (C=O) groups is 2. The summed E-state index contributed by atoms with van der Waals surface area (Å²) in [7, 11) is 0. The Labute approximate surface area is 245 Å². The van der Waals surface area contributed by atoms with Gasteiger partial charge in [-0.1, -0.05) is 90.9 Å². The van der Waals surface area contributed by atoms with E-state index in [0.717, 1.165) is 45.6 Å². The van der Waals surface area contributed by atoms with E-state index < -0.39 is 5.97 Å². The maximum absolute atomic E-state index is 12.3. The number of hydrogen-bond acceptors (Lipinski definition) is 5. The van der Waals surface area contributed by atoms with Crippen LogP contribution in [0.3, 0.4) is 0 Å². The summed E-state index contributed by atoms with van der Waals surface area (Å²) in [4.78, 5) is 23.6. The molecule has 0 aliphatic heterocycles. The van der Waals surface area contributed by atoms with Gasteiger partial charge < -0.3 is 22.4 Å². The van der Waals surface area contributed by atoms with Gasteiger partial charge in [0, 0.05) is 23.8 Å². The fraction of sp³-hybridized carbons (Fsp3) is 0.710. The second-order valence-corrected chi connectivity index (χ2v) is 10.4. The number of carboxylic acid groups (broad SMARTS) is 1. The first-order valence-corrected chi connectivity index (χ1v) is 15.0. The Morgan fingerprint density at radius 3 is 1.53 bits per heavy atom. The second-order valence-electron chi connectivity index (χ2n) is 10.4. The van der Waals surface area contributed by atoms with Gasteiger partial charge in [-0.2, -0.15) is 13.8 Å². The molecule has 219 valence electrons. The quantitative estimate of drug-likeness (QED) is 0.0566. The van der Waals surface area contributed by atoms with Crippen molar-refractivity contribution in [1.29, 1.82) is 0 Å². The average Bonchev–Trinajstić information content (AvgIpc) is 2.85.